The van der Waals surface area contributed by atoms with Crippen molar-refractivity contribution in [3.05, 3.63) is 0 Å². The molecule has 41 heavy (non-hydrogen) atoms. The van der Waals surface area contributed by atoms with Gasteiger partial charge < -0.3 is 34.0 Å². The zero-order valence-electron chi connectivity index (χ0n) is 22.8. The highest BCUT2D eigenvalue weighted by molar-refractivity contribution is 7.92. The van der Waals surface area contributed by atoms with Crippen LogP contribution in [-0.4, -0.2) is 103 Å². The van der Waals surface area contributed by atoms with Crippen LogP contribution in [0.3, 0.4) is 0 Å². The van der Waals surface area contributed by atoms with Crippen molar-refractivity contribution in [1.29, 1.82) is 0 Å². The van der Waals surface area contributed by atoms with E-state index in [2.05, 4.69) is 0 Å². The van der Waals surface area contributed by atoms with Gasteiger partial charge in [-0.3, -0.25) is 19.2 Å². The molecular formula is C24H35N3O12S2. The molecule has 3 aliphatic rings. The van der Waals surface area contributed by atoms with Crippen molar-refractivity contribution >= 4 is 57.9 Å². The van der Waals surface area contributed by atoms with Gasteiger partial charge in [0.15, 0.2) is 5.79 Å². The Morgan fingerprint density at radius 1 is 0.829 bits per heavy atom. The fourth-order valence-electron chi connectivity index (χ4n) is 4.30. The molecule has 3 saturated heterocycles. The summed E-state index contributed by atoms with van der Waals surface area (Å²) in [7, 11) is 0. The molecule has 0 aromatic heterocycles. The summed E-state index contributed by atoms with van der Waals surface area (Å²) in [6.07, 6.45) is 0.280. The Morgan fingerprint density at radius 3 is 1.59 bits per heavy atom. The molecule has 3 heterocycles. The van der Waals surface area contributed by atoms with Crippen LogP contribution < -0.4 is 5.73 Å². The molecule has 0 aliphatic carbocycles. The van der Waals surface area contributed by atoms with E-state index in [1.54, 1.807) is 6.92 Å². The van der Waals surface area contributed by atoms with Gasteiger partial charge in [-0.25, -0.2) is 9.59 Å². The van der Waals surface area contributed by atoms with Gasteiger partial charge in [0.25, 0.3) is 23.6 Å². The first kappa shape index (κ1) is 33.2. The van der Waals surface area contributed by atoms with Crippen molar-refractivity contribution < 1.29 is 57.0 Å². The summed E-state index contributed by atoms with van der Waals surface area (Å²) in [5.41, 5.74) is 4.60. The number of nitrogens with zero attached hydrogens (tertiary/aromatic N) is 2. The number of carbonyl (C=O) groups excluding carboxylic acids is 6. The van der Waals surface area contributed by atoms with Crippen molar-refractivity contribution in [2.24, 2.45) is 11.1 Å². The van der Waals surface area contributed by atoms with Gasteiger partial charge >= 0.3 is 11.9 Å². The van der Waals surface area contributed by atoms with Gasteiger partial charge in [0.2, 0.25) is 0 Å². The van der Waals surface area contributed by atoms with Crippen LogP contribution in [0.1, 0.15) is 58.3 Å². The summed E-state index contributed by atoms with van der Waals surface area (Å²) < 4.78 is 38.0. The number of hydrogen-bond acceptors (Lipinski definition) is 13. The van der Waals surface area contributed by atoms with Crippen molar-refractivity contribution in [3.63, 3.8) is 0 Å². The smallest absolute Gasteiger partial charge is 0.337 e. The van der Waals surface area contributed by atoms with E-state index >= 15 is 0 Å². The monoisotopic (exact) mass is 621 g/mol. The molecule has 2 atom stereocenters. The van der Waals surface area contributed by atoms with E-state index in [0.29, 0.717) is 29.5 Å². The fraction of sp³-hybridized carbons (Fsp3) is 0.750. The standard InChI is InChI=1S/C24H35N3O12S2/c1-23(9-2-10-25)36-13-24(14-37-23,15-40(34)11-7-21(32)38-26-17(28)3-4-18(26)29)16-41(35)12-8-22(33)39-27-19(30)5-6-20(27)31/h2-16,25H2,1H3. The van der Waals surface area contributed by atoms with E-state index in [1.807, 2.05) is 0 Å². The third-order valence-electron chi connectivity index (χ3n) is 6.60. The largest absolute Gasteiger partial charge is 0.616 e. The highest BCUT2D eigenvalue weighted by atomic mass is 32.2. The van der Waals surface area contributed by atoms with Crippen LogP contribution in [0, 0.1) is 5.41 Å². The Hall–Kier alpha value is -2.28. The summed E-state index contributed by atoms with van der Waals surface area (Å²) in [6.45, 7) is 2.24. The summed E-state index contributed by atoms with van der Waals surface area (Å²) in [5.74, 6) is -5.63. The average molecular weight is 622 g/mol. The van der Waals surface area contributed by atoms with Gasteiger partial charge in [0.05, 0.1) is 26.1 Å². The van der Waals surface area contributed by atoms with E-state index in [1.165, 1.54) is 0 Å². The van der Waals surface area contributed by atoms with Gasteiger partial charge in [0, 0.05) is 32.1 Å². The van der Waals surface area contributed by atoms with E-state index < -0.39 is 69.1 Å². The Bertz CT molecular complexity index is 924. The number of ether oxygens (including phenoxy) is 2. The highest BCUT2D eigenvalue weighted by Gasteiger charge is 2.48. The minimum Gasteiger partial charge on any atom is -0.616 e. The number of nitrogens with two attached hydrogens (primary N) is 1. The van der Waals surface area contributed by atoms with Crippen LogP contribution in [0.25, 0.3) is 0 Å². The number of hydroxylamine groups is 4. The van der Waals surface area contributed by atoms with Gasteiger partial charge in [-0.1, -0.05) is 22.4 Å². The molecule has 0 bridgehead atoms. The van der Waals surface area contributed by atoms with Crippen molar-refractivity contribution in [2.75, 3.05) is 42.8 Å². The third kappa shape index (κ3) is 9.62. The fourth-order valence-corrected chi connectivity index (χ4v) is 7.41. The third-order valence-corrected chi connectivity index (χ3v) is 9.79. The molecule has 2 unspecified atom stereocenters. The zero-order chi connectivity index (χ0) is 30.2. The Morgan fingerprint density at radius 2 is 1.22 bits per heavy atom. The van der Waals surface area contributed by atoms with Crippen LogP contribution in [-0.2, 0) is 70.3 Å². The number of carbonyl (C=O) groups is 6. The van der Waals surface area contributed by atoms with Crippen LogP contribution in [0.2, 0.25) is 0 Å². The molecule has 0 radical (unpaired) electrons. The van der Waals surface area contributed by atoms with Crippen LogP contribution in [0.15, 0.2) is 0 Å². The Balaban J connectivity index is 1.55. The zero-order valence-corrected chi connectivity index (χ0v) is 24.4. The molecule has 0 saturated carbocycles. The molecule has 230 valence electrons. The lowest BCUT2D eigenvalue weighted by Gasteiger charge is -2.44. The second-order valence-electron chi connectivity index (χ2n) is 10.3. The van der Waals surface area contributed by atoms with Crippen molar-refractivity contribution in [2.45, 2.75) is 64.1 Å². The lowest BCUT2D eigenvalue weighted by Crippen LogP contribution is -2.54. The first-order chi connectivity index (χ1) is 19.3. The van der Waals surface area contributed by atoms with Gasteiger partial charge in [0.1, 0.15) is 28.4 Å². The minimum atomic E-state index is -1.65. The van der Waals surface area contributed by atoms with Gasteiger partial charge in [-0.05, 0) is 19.9 Å². The van der Waals surface area contributed by atoms with E-state index in [9.17, 15) is 37.9 Å². The molecule has 15 nitrogen and oxygen atoms in total. The number of amides is 4. The van der Waals surface area contributed by atoms with E-state index in [0.717, 1.165) is 0 Å². The van der Waals surface area contributed by atoms with Gasteiger partial charge in [-0.2, -0.15) is 0 Å². The molecular weight excluding hydrogens is 586 g/mol. The molecule has 2 N–H and O–H groups in total. The minimum absolute atomic E-state index is 0.0357. The summed E-state index contributed by atoms with van der Waals surface area (Å²) in [5, 5.41) is 0.836. The molecule has 0 aromatic carbocycles. The maximum absolute atomic E-state index is 13.0. The molecule has 3 fully saturated rings. The summed E-state index contributed by atoms with van der Waals surface area (Å²) >= 11 is -3.29. The second-order valence-corrected chi connectivity index (χ2v) is 13.4. The van der Waals surface area contributed by atoms with Crippen LogP contribution in [0.5, 0.6) is 0 Å². The van der Waals surface area contributed by atoms with Crippen LogP contribution in [0.4, 0.5) is 0 Å². The van der Waals surface area contributed by atoms with Crippen molar-refractivity contribution in [1.82, 2.24) is 10.1 Å². The molecule has 0 aromatic rings. The van der Waals surface area contributed by atoms with Crippen molar-refractivity contribution in [3.8, 4) is 0 Å². The lowest BCUT2D eigenvalue weighted by molar-refractivity contribution is -0.290. The normalized spacial score (nSPS) is 26.4. The van der Waals surface area contributed by atoms with E-state index in [4.69, 9.17) is 24.9 Å². The molecule has 3 rings (SSSR count). The average Bonchev–Trinajstić information content (AvgIpc) is 3.42. The summed E-state index contributed by atoms with van der Waals surface area (Å²) in [6, 6.07) is 0. The molecule has 0 spiro atoms. The molecule has 3 aliphatic heterocycles. The second kappa shape index (κ2) is 14.8. The van der Waals surface area contributed by atoms with Crippen LogP contribution >= 0.6 is 0 Å². The first-order valence-electron chi connectivity index (χ1n) is 13.2. The molecule has 17 heteroatoms. The topological polar surface area (TPSA) is 218 Å². The number of hydrogen-bond donors (Lipinski definition) is 1. The predicted molar refractivity (Wildman–Crippen MR) is 140 cm³/mol. The number of imide groups is 2. The quantitative estimate of drug-likeness (QED) is 0.171. The lowest BCUT2D eigenvalue weighted by atomic mass is 9.93. The SMILES string of the molecule is CC1(CCCN)OCC(C[S+]([O-])CCC(=O)ON2C(=O)CCC2=O)(C[S+]([O-])CCC(=O)ON2C(=O)CCC2=O)CO1. The number of rotatable bonds is 15. The molecule has 4 amide bonds. The summed E-state index contributed by atoms with van der Waals surface area (Å²) in [4.78, 5) is 80.5. The van der Waals surface area contributed by atoms with Gasteiger partial charge in [-0.15, -0.1) is 10.1 Å². The maximum atomic E-state index is 13.0. The first-order valence-corrected chi connectivity index (χ1v) is 16.1. The Kier molecular flexibility index (Phi) is 12.0. The highest BCUT2D eigenvalue weighted by Crippen LogP contribution is 2.35. The predicted octanol–water partition coefficient (Wildman–Crippen LogP) is -1.03. The maximum Gasteiger partial charge on any atom is 0.337 e. The van der Waals surface area contributed by atoms with E-state index in [-0.39, 0.29) is 74.8 Å². The Labute approximate surface area is 242 Å².